The van der Waals surface area contributed by atoms with E-state index in [0.717, 1.165) is 5.75 Å². The fraction of sp³-hybridized carbons (Fsp3) is 0.471. The van der Waals surface area contributed by atoms with Gasteiger partial charge in [-0.1, -0.05) is 32.4 Å². The van der Waals surface area contributed by atoms with E-state index in [1.165, 1.54) is 0 Å². The van der Waals surface area contributed by atoms with Gasteiger partial charge >= 0.3 is 0 Å². The summed E-state index contributed by atoms with van der Waals surface area (Å²) in [5.41, 5.74) is 2.43. The first kappa shape index (κ1) is 17.6. The van der Waals surface area contributed by atoms with Crippen LogP contribution in [0.4, 0.5) is 0 Å². The molecule has 0 spiro atoms. The van der Waals surface area contributed by atoms with E-state index in [1.807, 2.05) is 35.5 Å². The third kappa shape index (κ3) is 4.39. The van der Waals surface area contributed by atoms with E-state index in [2.05, 4.69) is 31.2 Å². The Morgan fingerprint density at radius 3 is 2.43 bits per heavy atom. The van der Waals surface area contributed by atoms with Crippen LogP contribution in [0.1, 0.15) is 20.8 Å². The summed E-state index contributed by atoms with van der Waals surface area (Å²) < 4.78 is 11.9. The minimum Gasteiger partial charge on any atom is -0.490 e. The number of methoxy groups -OCH3 is 1. The molecule has 126 valence electrons. The normalized spacial score (nSPS) is 16.8. The van der Waals surface area contributed by atoms with E-state index in [9.17, 15) is 0 Å². The Labute approximate surface area is 142 Å². The first-order valence-electron chi connectivity index (χ1n) is 7.51. The predicted molar refractivity (Wildman–Crippen MR) is 93.6 cm³/mol. The van der Waals surface area contributed by atoms with Gasteiger partial charge in [0.15, 0.2) is 0 Å². The molecular weight excluding hydrogens is 314 g/mol. The topological polar surface area (TPSA) is 46.1 Å². The molecule has 1 aliphatic heterocycles. The first-order valence-corrected chi connectivity index (χ1v) is 7.89. The van der Waals surface area contributed by atoms with Crippen LogP contribution in [0, 0.1) is 5.41 Å². The molecule has 2 rings (SSSR count). The van der Waals surface area contributed by atoms with Crippen LogP contribution < -0.4 is 10.2 Å². The highest BCUT2D eigenvalue weighted by Gasteiger charge is 2.44. The Balaban J connectivity index is 2.13. The van der Waals surface area contributed by atoms with E-state index in [4.69, 9.17) is 21.1 Å². The second-order valence-corrected chi connectivity index (χ2v) is 6.96. The summed E-state index contributed by atoms with van der Waals surface area (Å²) in [6.07, 6.45) is 5.25. The highest BCUT2D eigenvalue weighted by molar-refractivity contribution is 6.30. The second-order valence-electron chi connectivity index (χ2n) is 6.52. The van der Waals surface area contributed by atoms with Crippen LogP contribution in [0.15, 0.2) is 41.7 Å². The van der Waals surface area contributed by atoms with E-state index < -0.39 is 5.60 Å². The van der Waals surface area contributed by atoms with Crippen molar-refractivity contribution >= 4 is 17.9 Å². The van der Waals surface area contributed by atoms with Gasteiger partial charge in [-0.05, 0) is 29.7 Å². The summed E-state index contributed by atoms with van der Waals surface area (Å²) in [6, 6.07) is 7.34. The summed E-state index contributed by atoms with van der Waals surface area (Å²) in [5, 5.41) is 2.63. The number of rotatable bonds is 6. The van der Waals surface area contributed by atoms with Gasteiger partial charge in [-0.3, -0.25) is 10.4 Å². The van der Waals surface area contributed by atoms with E-state index in [0.29, 0.717) is 18.2 Å². The molecule has 23 heavy (non-hydrogen) atoms. The van der Waals surface area contributed by atoms with Crippen LogP contribution in [-0.4, -0.2) is 37.2 Å². The third-order valence-electron chi connectivity index (χ3n) is 4.10. The summed E-state index contributed by atoms with van der Waals surface area (Å²) >= 11 is 5.92. The minimum atomic E-state index is -0.519. The van der Waals surface area contributed by atoms with Crippen molar-refractivity contribution in [2.24, 2.45) is 10.4 Å². The number of hydrogen-bond acceptors (Lipinski definition) is 5. The standard InChI is InChI=1S/C17H24ClN3O2/c1-16(2,3)17(22-4,11-21-10-9-19-13-20-21)12-23-15-7-5-14(18)6-8-15/h5-10,13H,11-12H2,1-4H3,(H,19,20). The molecule has 1 N–H and O–H groups in total. The largest absolute Gasteiger partial charge is 0.490 e. The Bertz CT molecular complexity index is 566. The zero-order valence-corrected chi connectivity index (χ0v) is 14.8. The number of hydrogen-bond donors (Lipinski definition) is 1. The van der Waals surface area contributed by atoms with Gasteiger partial charge in [-0.15, -0.1) is 0 Å². The molecule has 0 saturated heterocycles. The molecule has 1 aromatic carbocycles. The maximum atomic E-state index is 5.99. The molecule has 1 unspecified atom stereocenters. The average molecular weight is 338 g/mol. The lowest BCUT2D eigenvalue weighted by Gasteiger charge is -2.45. The smallest absolute Gasteiger partial charge is 0.126 e. The monoisotopic (exact) mass is 337 g/mol. The molecule has 0 aromatic heterocycles. The van der Waals surface area contributed by atoms with Crippen LogP contribution in [-0.2, 0) is 4.74 Å². The van der Waals surface area contributed by atoms with Crippen LogP contribution in [0.2, 0.25) is 5.02 Å². The van der Waals surface area contributed by atoms with Gasteiger partial charge in [-0.25, -0.2) is 4.99 Å². The molecule has 6 heteroatoms. The van der Waals surface area contributed by atoms with Crippen molar-refractivity contribution in [2.45, 2.75) is 26.4 Å². The summed E-state index contributed by atoms with van der Waals surface area (Å²) in [5.74, 6) is 0.767. The zero-order chi connectivity index (χ0) is 16.9. The Morgan fingerprint density at radius 1 is 1.22 bits per heavy atom. The Kier molecular flexibility index (Phi) is 5.55. The number of nitrogens with one attached hydrogen (secondary N) is 1. The number of benzene rings is 1. The van der Waals surface area contributed by atoms with Crippen LogP contribution in [0.25, 0.3) is 0 Å². The number of ether oxygens (including phenoxy) is 2. The molecule has 0 saturated carbocycles. The molecule has 0 fully saturated rings. The van der Waals surface area contributed by atoms with Crippen molar-refractivity contribution in [3.63, 3.8) is 0 Å². The van der Waals surface area contributed by atoms with Gasteiger partial charge in [0.2, 0.25) is 0 Å². The van der Waals surface area contributed by atoms with Crippen molar-refractivity contribution in [1.29, 1.82) is 0 Å². The maximum absolute atomic E-state index is 5.99. The minimum absolute atomic E-state index is 0.141. The average Bonchev–Trinajstić information content (AvgIpc) is 2.53. The Morgan fingerprint density at radius 2 is 1.91 bits per heavy atom. The van der Waals surface area contributed by atoms with Crippen LogP contribution in [0.3, 0.4) is 0 Å². The summed E-state index contributed by atoms with van der Waals surface area (Å²) in [7, 11) is 1.72. The molecule has 0 bridgehead atoms. The predicted octanol–water partition coefficient (Wildman–Crippen LogP) is 3.47. The zero-order valence-electron chi connectivity index (χ0n) is 14.0. The number of nitrogens with zero attached hydrogens (tertiary/aromatic N) is 2. The van der Waals surface area contributed by atoms with E-state index in [-0.39, 0.29) is 5.41 Å². The fourth-order valence-corrected chi connectivity index (χ4v) is 2.47. The molecule has 1 aliphatic rings. The maximum Gasteiger partial charge on any atom is 0.126 e. The molecule has 1 heterocycles. The quantitative estimate of drug-likeness (QED) is 0.863. The van der Waals surface area contributed by atoms with Gasteiger partial charge in [-0.2, -0.15) is 0 Å². The lowest BCUT2D eigenvalue weighted by atomic mass is 9.76. The first-order chi connectivity index (χ1) is 10.9. The third-order valence-corrected chi connectivity index (χ3v) is 4.35. The molecule has 1 aromatic rings. The molecule has 0 aliphatic carbocycles. The van der Waals surface area contributed by atoms with Gasteiger partial charge in [0.1, 0.15) is 24.3 Å². The highest BCUT2D eigenvalue weighted by Crippen LogP contribution is 2.35. The number of hydrazine groups is 1. The molecule has 0 amide bonds. The number of halogens is 1. The second kappa shape index (κ2) is 7.23. The summed E-state index contributed by atoms with van der Waals surface area (Å²) in [6.45, 7) is 7.46. The Hall–Kier alpha value is -1.72. The molecule has 5 nitrogen and oxygen atoms in total. The summed E-state index contributed by atoms with van der Waals surface area (Å²) in [4.78, 5) is 4.00. The molecule has 1 atom stereocenters. The van der Waals surface area contributed by atoms with Crippen molar-refractivity contribution in [3.8, 4) is 5.75 Å². The van der Waals surface area contributed by atoms with E-state index in [1.54, 1.807) is 19.6 Å². The molecule has 0 radical (unpaired) electrons. The fourth-order valence-electron chi connectivity index (χ4n) is 2.35. The van der Waals surface area contributed by atoms with Crippen LogP contribution in [0.5, 0.6) is 5.75 Å². The van der Waals surface area contributed by atoms with Gasteiger partial charge in [0.05, 0.1) is 6.54 Å². The highest BCUT2D eigenvalue weighted by atomic mass is 35.5. The SMILES string of the molecule is COC(COc1ccc(Cl)cc1)(CN1C=CN=CN1)C(C)(C)C. The lowest BCUT2D eigenvalue weighted by molar-refractivity contribution is -0.130. The lowest BCUT2D eigenvalue weighted by Crippen LogP contribution is -2.58. The van der Waals surface area contributed by atoms with Crippen LogP contribution >= 0.6 is 11.6 Å². The van der Waals surface area contributed by atoms with Gasteiger partial charge in [0, 0.05) is 24.5 Å². The number of aliphatic imine (C=N–C) groups is 1. The van der Waals surface area contributed by atoms with Crippen molar-refractivity contribution in [1.82, 2.24) is 10.4 Å². The van der Waals surface area contributed by atoms with Gasteiger partial charge in [0.25, 0.3) is 0 Å². The van der Waals surface area contributed by atoms with Gasteiger partial charge < -0.3 is 9.47 Å². The van der Waals surface area contributed by atoms with Crippen molar-refractivity contribution < 1.29 is 9.47 Å². The van der Waals surface area contributed by atoms with Crippen molar-refractivity contribution in [3.05, 3.63) is 41.7 Å². The molecular formula is C17H24ClN3O2. The van der Waals surface area contributed by atoms with E-state index >= 15 is 0 Å². The van der Waals surface area contributed by atoms with Crippen molar-refractivity contribution in [2.75, 3.05) is 20.3 Å².